The molecule has 1 N–H and O–H groups in total. The van der Waals surface area contributed by atoms with Crippen LogP contribution in [0.25, 0.3) is 0 Å². The summed E-state index contributed by atoms with van der Waals surface area (Å²) in [5, 5.41) is 8.94. The molecule has 0 spiro atoms. The molecule has 0 heterocycles. The van der Waals surface area contributed by atoms with Gasteiger partial charge in [0.25, 0.3) is 0 Å². The smallest absolute Gasteiger partial charge is 0.318 e. The van der Waals surface area contributed by atoms with E-state index in [0.717, 1.165) is 4.31 Å². The summed E-state index contributed by atoms with van der Waals surface area (Å²) in [5.41, 5.74) is 0. The Balaban J connectivity index is 3.35. The highest BCUT2D eigenvalue weighted by atomic mass is 79.9. The van der Waals surface area contributed by atoms with Crippen molar-refractivity contribution in [1.29, 1.82) is 0 Å². The maximum Gasteiger partial charge on any atom is 0.318 e. The molecule has 0 bridgehead atoms. The normalized spacial score (nSPS) is 13.4. The number of carboxylic acid groups (broad SMARTS) is 1. The summed E-state index contributed by atoms with van der Waals surface area (Å²) in [5.74, 6) is -1.18. The molecule has 1 atom stereocenters. The lowest BCUT2D eigenvalue weighted by molar-refractivity contribution is -0.137. The number of sulfonamides is 1. The molecular weight excluding hydrogens is 414 g/mol. The zero-order chi connectivity index (χ0) is 15.5. The molecular formula is C12H15Br2NO4S. The molecule has 0 saturated carbocycles. The van der Waals surface area contributed by atoms with Crippen molar-refractivity contribution in [3.8, 4) is 0 Å². The van der Waals surface area contributed by atoms with Crippen LogP contribution in [0.15, 0.2) is 32.0 Å². The Labute approximate surface area is 135 Å². The van der Waals surface area contributed by atoms with Gasteiger partial charge in [0, 0.05) is 15.0 Å². The van der Waals surface area contributed by atoms with Crippen LogP contribution in [-0.4, -0.2) is 36.4 Å². The van der Waals surface area contributed by atoms with Crippen molar-refractivity contribution >= 4 is 47.9 Å². The first-order chi connectivity index (χ1) is 9.20. The largest absolute Gasteiger partial charge is 0.480 e. The first-order valence-corrected chi connectivity index (χ1v) is 8.91. The third-order valence-corrected chi connectivity index (χ3v) is 6.30. The molecule has 0 fully saturated rings. The zero-order valence-electron chi connectivity index (χ0n) is 11.0. The summed E-state index contributed by atoms with van der Waals surface area (Å²) < 4.78 is 27.3. The highest BCUT2D eigenvalue weighted by Crippen LogP contribution is 2.29. The summed E-state index contributed by atoms with van der Waals surface area (Å²) in [6.07, 6.45) is 0.526. The van der Waals surface area contributed by atoms with E-state index in [9.17, 15) is 13.2 Å². The lowest BCUT2D eigenvalue weighted by Gasteiger charge is -2.26. The number of benzene rings is 1. The topological polar surface area (TPSA) is 74.7 Å². The van der Waals surface area contributed by atoms with Crippen LogP contribution < -0.4 is 0 Å². The van der Waals surface area contributed by atoms with Gasteiger partial charge in [0.05, 0.1) is 4.90 Å². The van der Waals surface area contributed by atoms with Gasteiger partial charge in [-0.15, -0.1) is 0 Å². The number of carboxylic acids is 1. The van der Waals surface area contributed by atoms with Crippen molar-refractivity contribution in [3.05, 3.63) is 27.1 Å². The van der Waals surface area contributed by atoms with Crippen LogP contribution >= 0.6 is 31.9 Å². The molecule has 0 aliphatic carbocycles. The van der Waals surface area contributed by atoms with Gasteiger partial charge in [0.2, 0.25) is 10.0 Å². The predicted molar refractivity (Wildman–Crippen MR) is 83.1 cm³/mol. The Hall–Kier alpha value is -0.440. The molecule has 0 amide bonds. The van der Waals surface area contributed by atoms with Gasteiger partial charge < -0.3 is 5.11 Å². The van der Waals surface area contributed by atoms with Gasteiger partial charge in [0.1, 0.15) is 6.54 Å². The summed E-state index contributed by atoms with van der Waals surface area (Å²) in [6.45, 7) is 2.94. The number of aliphatic carboxylic acids is 1. The van der Waals surface area contributed by atoms with Gasteiger partial charge in [-0.25, -0.2) is 8.42 Å². The molecule has 5 nitrogen and oxygen atoms in total. The van der Waals surface area contributed by atoms with Gasteiger partial charge in [-0.1, -0.05) is 22.9 Å². The van der Waals surface area contributed by atoms with Crippen molar-refractivity contribution in [2.45, 2.75) is 31.2 Å². The van der Waals surface area contributed by atoms with Crippen LogP contribution in [0.5, 0.6) is 0 Å². The van der Waals surface area contributed by atoms with Crippen LogP contribution in [-0.2, 0) is 14.8 Å². The second-order valence-electron chi connectivity index (χ2n) is 4.28. The van der Waals surface area contributed by atoms with E-state index < -0.39 is 28.6 Å². The van der Waals surface area contributed by atoms with Crippen molar-refractivity contribution in [2.75, 3.05) is 6.54 Å². The van der Waals surface area contributed by atoms with E-state index >= 15 is 0 Å². The summed E-state index contributed by atoms with van der Waals surface area (Å²) in [4.78, 5) is 11.0. The minimum absolute atomic E-state index is 0.0495. The number of carbonyl (C=O) groups is 1. The van der Waals surface area contributed by atoms with Crippen LogP contribution in [0, 0.1) is 0 Å². The Morgan fingerprint density at radius 3 is 2.50 bits per heavy atom. The minimum Gasteiger partial charge on any atom is -0.480 e. The third-order valence-electron chi connectivity index (χ3n) is 2.85. The van der Waals surface area contributed by atoms with Crippen molar-refractivity contribution in [1.82, 2.24) is 4.31 Å². The zero-order valence-corrected chi connectivity index (χ0v) is 15.0. The Morgan fingerprint density at radius 2 is 2.00 bits per heavy atom. The van der Waals surface area contributed by atoms with Gasteiger partial charge in [0.15, 0.2) is 0 Å². The predicted octanol–water partition coefficient (Wildman–Crippen LogP) is 3.09. The molecule has 0 saturated heterocycles. The van der Waals surface area contributed by atoms with Gasteiger partial charge >= 0.3 is 5.97 Å². The number of rotatable bonds is 6. The molecule has 1 aromatic rings. The molecule has 1 unspecified atom stereocenters. The first-order valence-electron chi connectivity index (χ1n) is 5.88. The fourth-order valence-corrected chi connectivity index (χ4v) is 4.74. The summed E-state index contributed by atoms with van der Waals surface area (Å²) in [6, 6.07) is 4.36. The van der Waals surface area contributed by atoms with E-state index in [-0.39, 0.29) is 4.90 Å². The van der Waals surface area contributed by atoms with E-state index in [1.807, 2.05) is 6.92 Å². The van der Waals surface area contributed by atoms with Crippen LogP contribution in [0.3, 0.4) is 0 Å². The molecule has 1 aromatic carbocycles. The maximum absolute atomic E-state index is 12.7. The maximum atomic E-state index is 12.7. The van der Waals surface area contributed by atoms with Crippen molar-refractivity contribution < 1.29 is 18.3 Å². The highest BCUT2D eigenvalue weighted by Gasteiger charge is 2.31. The Bertz CT molecular complexity index is 603. The first kappa shape index (κ1) is 17.6. The molecule has 1 rings (SSSR count). The van der Waals surface area contributed by atoms with Gasteiger partial charge in [-0.2, -0.15) is 4.31 Å². The standard InChI is InChI=1S/C12H15Br2NO4S/c1-3-8(2)15(7-12(16)17)20(18,19)11-6-9(13)4-5-10(11)14/h4-6,8H,3,7H2,1-2H3,(H,16,17). The lowest BCUT2D eigenvalue weighted by Crippen LogP contribution is -2.41. The lowest BCUT2D eigenvalue weighted by atomic mass is 10.2. The molecule has 0 aliphatic heterocycles. The van der Waals surface area contributed by atoms with Crippen LogP contribution in [0.1, 0.15) is 20.3 Å². The number of halogens is 2. The van der Waals surface area contributed by atoms with E-state index in [1.54, 1.807) is 19.1 Å². The fraction of sp³-hybridized carbons (Fsp3) is 0.417. The Kier molecular flexibility index (Phi) is 6.18. The third kappa shape index (κ3) is 4.03. The molecule has 0 aliphatic rings. The van der Waals surface area contributed by atoms with Gasteiger partial charge in [-0.3, -0.25) is 4.79 Å². The fourth-order valence-electron chi connectivity index (χ4n) is 1.62. The average Bonchev–Trinajstić information content (AvgIpc) is 2.37. The number of hydrogen-bond acceptors (Lipinski definition) is 3. The van der Waals surface area contributed by atoms with Crippen molar-refractivity contribution in [2.24, 2.45) is 0 Å². The number of nitrogens with zero attached hydrogens (tertiary/aromatic N) is 1. The molecule has 0 radical (unpaired) electrons. The second-order valence-corrected chi connectivity index (χ2v) is 7.91. The van der Waals surface area contributed by atoms with E-state index in [1.165, 1.54) is 6.07 Å². The molecule has 0 aromatic heterocycles. The second kappa shape index (κ2) is 7.02. The summed E-state index contributed by atoms with van der Waals surface area (Å²) in [7, 11) is -3.89. The minimum atomic E-state index is -3.89. The molecule has 8 heteroatoms. The van der Waals surface area contributed by atoms with Gasteiger partial charge in [-0.05, 0) is 47.5 Å². The van der Waals surface area contributed by atoms with Crippen molar-refractivity contribution in [3.63, 3.8) is 0 Å². The quantitative estimate of drug-likeness (QED) is 0.755. The van der Waals surface area contributed by atoms with E-state index in [0.29, 0.717) is 15.4 Å². The monoisotopic (exact) mass is 427 g/mol. The van der Waals surface area contributed by atoms with Crippen LogP contribution in [0.4, 0.5) is 0 Å². The highest BCUT2D eigenvalue weighted by molar-refractivity contribution is 9.11. The van der Waals surface area contributed by atoms with E-state index in [2.05, 4.69) is 31.9 Å². The molecule has 20 heavy (non-hydrogen) atoms. The Morgan fingerprint density at radius 1 is 1.40 bits per heavy atom. The average molecular weight is 429 g/mol. The number of hydrogen-bond donors (Lipinski definition) is 1. The summed E-state index contributed by atoms with van der Waals surface area (Å²) >= 11 is 6.42. The molecule has 112 valence electrons. The van der Waals surface area contributed by atoms with Crippen LogP contribution in [0.2, 0.25) is 0 Å². The SMILES string of the molecule is CCC(C)N(CC(=O)O)S(=O)(=O)c1cc(Br)ccc1Br. The van der Waals surface area contributed by atoms with E-state index in [4.69, 9.17) is 5.11 Å².